The lowest BCUT2D eigenvalue weighted by molar-refractivity contribution is 0.102. The molecule has 25 heavy (non-hydrogen) atoms. The van der Waals surface area contributed by atoms with E-state index in [2.05, 4.69) is 51.8 Å². The third-order valence-corrected chi connectivity index (χ3v) is 3.88. The first-order chi connectivity index (χ1) is 12.1. The molecule has 0 saturated carbocycles. The van der Waals surface area contributed by atoms with E-state index in [-0.39, 0.29) is 5.91 Å². The smallest absolute Gasteiger partial charge is 0.258 e. The van der Waals surface area contributed by atoms with Crippen molar-refractivity contribution >= 4 is 17.5 Å². The molecule has 0 bridgehead atoms. The molecule has 5 heteroatoms. The molecule has 0 aliphatic heterocycles. The van der Waals surface area contributed by atoms with Crippen LogP contribution >= 0.6 is 0 Å². The predicted molar refractivity (Wildman–Crippen MR) is 99.7 cm³/mol. The molecule has 5 nitrogen and oxygen atoms in total. The number of anilines is 2. The van der Waals surface area contributed by atoms with Crippen molar-refractivity contribution in [2.24, 2.45) is 0 Å². The Labute approximate surface area is 147 Å². The summed E-state index contributed by atoms with van der Waals surface area (Å²) in [5.41, 5.74) is 4.59. The molecule has 0 spiro atoms. The van der Waals surface area contributed by atoms with Crippen molar-refractivity contribution in [2.75, 3.05) is 10.6 Å². The Morgan fingerprint density at radius 2 is 1.64 bits per heavy atom. The summed E-state index contributed by atoms with van der Waals surface area (Å²) in [7, 11) is 0. The molecule has 0 saturated heterocycles. The monoisotopic (exact) mass is 332 g/mol. The lowest BCUT2D eigenvalue weighted by atomic mass is 10.1. The van der Waals surface area contributed by atoms with Crippen molar-refractivity contribution in [3.63, 3.8) is 0 Å². The van der Waals surface area contributed by atoms with Gasteiger partial charge in [0.05, 0.1) is 5.56 Å². The molecule has 0 fully saturated rings. The van der Waals surface area contributed by atoms with Crippen LogP contribution in [-0.2, 0) is 6.54 Å². The molecular weight excluding hydrogens is 312 g/mol. The fourth-order valence-corrected chi connectivity index (χ4v) is 2.33. The minimum atomic E-state index is -0.223. The fraction of sp³-hybridized carbons (Fsp3) is 0.150. The molecule has 126 valence electrons. The minimum absolute atomic E-state index is 0.223. The number of hydrogen-bond acceptors (Lipinski definition) is 4. The summed E-state index contributed by atoms with van der Waals surface area (Å²) in [6.45, 7) is 4.64. The lowest BCUT2D eigenvalue weighted by Crippen LogP contribution is -2.14. The number of aryl methyl sites for hydroxylation is 2. The summed E-state index contributed by atoms with van der Waals surface area (Å²) < 4.78 is 0. The maximum absolute atomic E-state index is 12.3. The maximum Gasteiger partial charge on any atom is 0.258 e. The summed E-state index contributed by atoms with van der Waals surface area (Å²) in [5, 5.41) is 6.02. The van der Waals surface area contributed by atoms with Crippen LogP contribution in [0.5, 0.6) is 0 Å². The number of aromatic nitrogens is 2. The number of nitrogens with one attached hydrogen (secondary N) is 2. The van der Waals surface area contributed by atoms with E-state index >= 15 is 0 Å². The van der Waals surface area contributed by atoms with Crippen LogP contribution in [0.1, 0.15) is 27.0 Å². The number of nitrogens with zero attached hydrogens (tertiary/aromatic N) is 2. The summed E-state index contributed by atoms with van der Waals surface area (Å²) in [6.07, 6.45) is 3.05. The van der Waals surface area contributed by atoms with Crippen LogP contribution in [0.25, 0.3) is 0 Å². The quantitative estimate of drug-likeness (QED) is 0.742. The Bertz CT molecular complexity index is 858. The van der Waals surface area contributed by atoms with Gasteiger partial charge in [0.15, 0.2) is 0 Å². The zero-order valence-electron chi connectivity index (χ0n) is 14.3. The van der Waals surface area contributed by atoms with E-state index in [0.717, 1.165) is 16.8 Å². The third kappa shape index (κ3) is 4.41. The third-order valence-electron chi connectivity index (χ3n) is 3.88. The molecule has 0 unspecified atom stereocenters. The number of benzene rings is 2. The van der Waals surface area contributed by atoms with Crippen LogP contribution < -0.4 is 10.6 Å². The van der Waals surface area contributed by atoms with Gasteiger partial charge in [-0.25, -0.2) is 9.97 Å². The first-order valence-corrected chi connectivity index (χ1v) is 8.10. The highest BCUT2D eigenvalue weighted by Gasteiger charge is 2.09. The Balaban J connectivity index is 1.60. The van der Waals surface area contributed by atoms with E-state index in [9.17, 15) is 4.79 Å². The second-order valence-corrected chi connectivity index (χ2v) is 5.90. The molecule has 3 aromatic rings. The zero-order chi connectivity index (χ0) is 17.6. The minimum Gasteiger partial charge on any atom is -0.350 e. The van der Waals surface area contributed by atoms with E-state index in [0.29, 0.717) is 18.1 Å². The predicted octanol–water partition coefficient (Wildman–Crippen LogP) is 3.96. The van der Waals surface area contributed by atoms with Gasteiger partial charge in [-0.1, -0.05) is 48.0 Å². The summed E-state index contributed by atoms with van der Waals surface area (Å²) in [5.74, 6) is 0.271. The Kier molecular flexibility index (Phi) is 5.04. The maximum atomic E-state index is 12.3. The zero-order valence-corrected chi connectivity index (χ0v) is 14.3. The molecular formula is C20H20N4O. The number of carbonyl (C=O) groups is 1. The van der Waals surface area contributed by atoms with Gasteiger partial charge in [-0.15, -0.1) is 0 Å². The standard InChI is InChI=1S/C20H20N4O/c1-14-7-9-16(10-8-14)11-21-20-22-12-17(13-23-20)19(25)24-18-6-4-3-5-15(18)2/h3-10,12-13H,11H2,1-2H3,(H,24,25)(H,21,22,23). The lowest BCUT2D eigenvalue weighted by Gasteiger charge is -2.08. The van der Waals surface area contributed by atoms with E-state index in [4.69, 9.17) is 0 Å². The average Bonchev–Trinajstić information content (AvgIpc) is 2.63. The van der Waals surface area contributed by atoms with Crippen molar-refractivity contribution in [2.45, 2.75) is 20.4 Å². The number of carbonyl (C=O) groups excluding carboxylic acids is 1. The van der Waals surface area contributed by atoms with Crippen LogP contribution in [0.15, 0.2) is 60.9 Å². The second-order valence-electron chi connectivity index (χ2n) is 5.90. The highest BCUT2D eigenvalue weighted by Crippen LogP contribution is 2.14. The Hall–Kier alpha value is -3.21. The van der Waals surface area contributed by atoms with Gasteiger partial charge < -0.3 is 10.6 Å². The van der Waals surface area contributed by atoms with Crippen LogP contribution in [0.2, 0.25) is 0 Å². The highest BCUT2D eigenvalue weighted by atomic mass is 16.1. The van der Waals surface area contributed by atoms with Crippen molar-refractivity contribution in [1.29, 1.82) is 0 Å². The molecule has 1 heterocycles. The summed E-state index contributed by atoms with van der Waals surface area (Å²) in [4.78, 5) is 20.7. The number of amides is 1. The fourth-order valence-electron chi connectivity index (χ4n) is 2.33. The van der Waals surface area contributed by atoms with Gasteiger partial charge in [-0.2, -0.15) is 0 Å². The van der Waals surface area contributed by atoms with Gasteiger partial charge >= 0.3 is 0 Å². The van der Waals surface area contributed by atoms with Gasteiger partial charge in [0.2, 0.25) is 5.95 Å². The van der Waals surface area contributed by atoms with Gasteiger partial charge in [-0.3, -0.25) is 4.79 Å². The first kappa shape index (κ1) is 16.6. The SMILES string of the molecule is Cc1ccc(CNc2ncc(C(=O)Nc3ccccc3C)cn2)cc1. The molecule has 0 radical (unpaired) electrons. The van der Waals surface area contributed by atoms with Crippen LogP contribution in [-0.4, -0.2) is 15.9 Å². The average molecular weight is 332 g/mol. The molecule has 0 atom stereocenters. The first-order valence-electron chi connectivity index (χ1n) is 8.10. The molecule has 2 aromatic carbocycles. The molecule has 1 amide bonds. The van der Waals surface area contributed by atoms with Crippen LogP contribution in [0, 0.1) is 13.8 Å². The van der Waals surface area contributed by atoms with Gasteiger partial charge in [0, 0.05) is 24.6 Å². The molecule has 0 aliphatic carbocycles. The van der Waals surface area contributed by atoms with Gasteiger partial charge in [-0.05, 0) is 31.0 Å². The van der Waals surface area contributed by atoms with Crippen molar-refractivity contribution in [3.8, 4) is 0 Å². The summed E-state index contributed by atoms with van der Waals surface area (Å²) >= 11 is 0. The van der Waals surface area contributed by atoms with Crippen LogP contribution in [0.4, 0.5) is 11.6 Å². The molecule has 0 aliphatic rings. The van der Waals surface area contributed by atoms with E-state index in [1.165, 1.54) is 18.0 Å². The molecule has 3 rings (SSSR count). The van der Waals surface area contributed by atoms with E-state index < -0.39 is 0 Å². The molecule has 2 N–H and O–H groups in total. The van der Waals surface area contributed by atoms with E-state index in [1.54, 1.807) is 0 Å². The van der Waals surface area contributed by atoms with Crippen molar-refractivity contribution in [3.05, 3.63) is 83.2 Å². The number of hydrogen-bond donors (Lipinski definition) is 2. The van der Waals surface area contributed by atoms with E-state index in [1.807, 2.05) is 31.2 Å². The van der Waals surface area contributed by atoms with Crippen molar-refractivity contribution in [1.82, 2.24) is 9.97 Å². The van der Waals surface area contributed by atoms with Gasteiger partial charge in [0.25, 0.3) is 5.91 Å². The van der Waals surface area contributed by atoms with Crippen molar-refractivity contribution < 1.29 is 4.79 Å². The largest absolute Gasteiger partial charge is 0.350 e. The Morgan fingerprint density at radius 1 is 0.960 bits per heavy atom. The highest BCUT2D eigenvalue weighted by molar-refractivity contribution is 6.04. The second kappa shape index (κ2) is 7.57. The molecule has 1 aromatic heterocycles. The number of para-hydroxylation sites is 1. The Morgan fingerprint density at radius 3 is 2.32 bits per heavy atom. The van der Waals surface area contributed by atoms with Gasteiger partial charge in [0.1, 0.15) is 0 Å². The van der Waals surface area contributed by atoms with Crippen LogP contribution in [0.3, 0.4) is 0 Å². The summed E-state index contributed by atoms with van der Waals surface area (Å²) in [6, 6.07) is 15.9. The number of rotatable bonds is 5. The normalized spacial score (nSPS) is 10.3. The topological polar surface area (TPSA) is 66.9 Å².